The molecule has 0 aliphatic carbocycles. The van der Waals surface area contributed by atoms with Gasteiger partial charge >= 0.3 is 0 Å². The Morgan fingerprint density at radius 1 is 1.30 bits per heavy atom. The van der Waals surface area contributed by atoms with Gasteiger partial charge in [-0.25, -0.2) is 0 Å². The summed E-state index contributed by atoms with van der Waals surface area (Å²) in [5.41, 5.74) is 3.37. The van der Waals surface area contributed by atoms with E-state index in [4.69, 9.17) is 4.74 Å². The largest absolute Gasteiger partial charge is 0.378 e. The van der Waals surface area contributed by atoms with E-state index in [9.17, 15) is 4.79 Å². The van der Waals surface area contributed by atoms with Gasteiger partial charge in [-0.15, -0.1) is 0 Å². The van der Waals surface area contributed by atoms with E-state index in [1.807, 2.05) is 18.7 Å². The van der Waals surface area contributed by atoms with Crippen molar-refractivity contribution >= 4 is 5.91 Å². The van der Waals surface area contributed by atoms with Crippen LogP contribution in [0.2, 0.25) is 0 Å². The normalized spacial score (nSPS) is 25.2. The highest BCUT2D eigenvalue weighted by molar-refractivity contribution is 5.76. The van der Waals surface area contributed by atoms with Crippen LogP contribution in [0.4, 0.5) is 0 Å². The second kappa shape index (κ2) is 7.01. The molecule has 0 aromatic carbocycles. The molecule has 2 aliphatic heterocycles. The van der Waals surface area contributed by atoms with Crippen molar-refractivity contribution in [2.24, 2.45) is 7.05 Å². The molecule has 23 heavy (non-hydrogen) atoms. The van der Waals surface area contributed by atoms with E-state index in [-0.39, 0.29) is 11.9 Å². The summed E-state index contributed by atoms with van der Waals surface area (Å²) in [6, 6.07) is 0.486. The van der Waals surface area contributed by atoms with Crippen molar-refractivity contribution in [2.75, 3.05) is 26.3 Å². The number of hydrogen-bond acceptors (Lipinski definition) is 4. The Morgan fingerprint density at radius 3 is 2.70 bits per heavy atom. The number of aromatic nitrogens is 2. The van der Waals surface area contributed by atoms with Gasteiger partial charge in [0, 0.05) is 19.2 Å². The Kier molecular flexibility index (Phi) is 5.02. The number of hydrogen-bond donors (Lipinski definition) is 1. The molecule has 2 atom stereocenters. The van der Waals surface area contributed by atoms with Gasteiger partial charge in [0.25, 0.3) is 0 Å². The van der Waals surface area contributed by atoms with Crippen LogP contribution in [0, 0.1) is 13.8 Å². The zero-order valence-electron chi connectivity index (χ0n) is 14.5. The van der Waals surface area contributed by atoms with Gasteiger partial charge in [0.2, 0.25) is 5.91 Å². The smallest absolute Gasteiger partial charge is 0.220 e. The summed E-state index contributed by atoms with van der Waals surface area (Å²) < 4.78 is 7.50. The van der Waals surface area contributed by atoms with Gasteiger partial charge in [-0.3, -0.25) is 14.4 Å². The lowest BCUT2D eigenvalue weighted by Gasteiger charge is -2.27. The van der Waals surface area contributed by atoms with E-state index in [2.05, 4.69) is 22.2 Å². The summed E-state index contributed by atoms with van der Waals surface area (Å²) in [6.07, 6.45) is 3.78. The van der Waals surface area contributed by atoms with Gasteiger partial charge in [-0.2, -0.15) is 5.10 Å². The molecule has 128 valence electrons. The van der Waals surface area contributed by atoms with E-state index < -0.39 is 0 Å². The van der Waals surface area contributed by atoms with Crippen LogP contribution in [0.25, 0.3) is 0 Å². The number of carbonyl (C=O) groups excluding carboxylic acids is 1. The first-order valence-corrected chi connectivity index (χ1v) is 8.66. The first-order valence-electron chi connectivity index (χ1n) is 8.66. The molecule has 1 amide bonds. The number of nitrogens with zero attached hydrogens (tertiary/aromatic N) is 3. The Bertz CT molecular complexity index is 563. The second-order valence-corrected chi connectivity index (χ2v) is 6.79. The predicted molar refractivity (Wildman–Crippen MR) is 88.3 cm³/mol. The third kappa shape index (κ3) is 3.58. The highest BCUT2D eigenvalue weighted by atomic mass is 16.5. The number of amides is 1. The molecule has 0 spiro atoms. The Balaban J connectivity index is 1.52. The van der Waals surface area contributed by atoms with Crippen LogP contribution in [0.5, 0.6) is 0 Å². The van der Waals surface area contributed by atoms with Crippen molar-refractivity contribution in [1.29, 1.82) is 0 Å². The van der Waals surface area contributed by atoms with Gasteiger partial charge in [0.15, 0.2) is 0 Å². The number of nitrogens with one attached hydrogen (secondary N) is 1. The van der Waals surface area contributed by atoms with Crippen LogP contribution in [0.3, 0.4) is 0 Å². The molecule has 0 bridgehead atoms. The highest BCUT2D eigenvalue weighted by Gasteiger charge is 2.35. The zero-order valence-corrected chi connectivity index (χ0v) is 14.5. The maximum absolute atomic E-state index is 12.3. The molecule has 6 heteroatoms. The minimum atomic E-state index is 0.118. The maximum Gasteiger partial charge on any atom is 0.220 e. The minimum Gasteiger partial charge on any atom is -0.378 e. The van der Waals surface area contributed by atoms with E-state index in [1.54, 1.807) is 0 Å². The van der Waals surface area contributed by atoms with Crippen LogP contribution >= 0.6 is 0 Å². The maximum atomic E-state index is 12.3. The van der Waals surface area contributed by atoms with E-state index >= 15 is 0 Å². The van der Waals surface area contributed by atoms with Crippen molar-refractivity contribution in [3.8, 4) is 0 Å². The molecule has 3 rings (SSSR count). The average Bonchev–Trinajstić information content (AvgIpc) is 3.21. The van der Waals surface area contributed by atoms with E-state index in [0.717, 1.165) is 37.5 Å². The molecule has 1 aromatic rings. The Labute approximate surface area is 138 Å². The lowest BCUT2D eigenvalue weighted by molar-refractivity contribution is -0.122. The monoisotopic (exact) mass is 320 g/mol. The zero-order chi connectivity index (χ0) is 16.4. The number of carbonyl (C=O) groups is 1. The molecule has 0 unspecified atom stereocenters. The predicted octanol–water partition coefficient (Wildman–Crippen LogP) is 0.949. The van der Waals surface area contributed by atoms with Crippen molar-refractivity contribution in [3.63, 3.8) is 0 Å². The van der Waals surface area contributed by atoms with Crippen molar-refractivity contribution in [1.82, 2.24) is 20.0 Å². The molecule has 0 saturated carbocycles. The molecule has 0 radical (unpaired) electrons. The third-order valence-electron chi connectivity index (χ3n) is 5.27. The molecular formula is C17H28N4O2. The minimum absolute atomic E-state index is 0.118. The van der Waals surface area contributed by atoms with E-state index in [1.165, 1.54) is 18.4 Å². The summed E-state index contributed by atoms with van der Waals surface area (Å²) in [4.78, 5) is 14.8. The summed E-state index contributed by atoms with van der Waals surface area (Å²) in [5, 5.41) is 7.60. The average molecular weight is 320 g/mol. The SMILES string of the molecule is Cc1nn(C)c(C)c1CCC(=O)N[C@@H]1COC[C@H]1N1CCCC1. The first-order chi connectivity index (χ1) is 11.1. The standard InChI is InChI=1S/C17H28N4O2/c1-12-14(13(2)20(3)19-12)6-7-17(22)18-15-10-23-11-16(15)21-8-4-5-9-21/h15-16H,4-11H2,1-3H3,(H,18,22)/t15-,16-/m1/s1. The third-order valence-corrected chi connectivity index (χ3v) is 5.27. The van der Waals surface area contributed by atoms with Crippen LogP contribution in [-0.4, -0.2) is 59.0 Å². The summed E-state index contributed by atoms with van der Waals surface area (Å²) >= 11 is 0. The molecule has 2 saturated heterocycles. The molecular weight excluding hydrogens is 292 g/mol. The topological polar surface area (TPSA) is 59.4 Å². The number of rotatable bonds is 5. The quantitative estimate of drug-likeness (QED) is 0.877. The van der Waals surface area contributed by atoms with Gasteiger partial charge in [-0.05, 0) is 51.8 Å². The van der Waals surface area contributed by atoms with Crippen molar-refractivity contribution in [2.45, 2.75) is 51.6 Å². The van der Waals surface area contributed by atoms with Gasteiger partial charge in [0.1, 0.15) is 0 Å². The van der Waals surface area contributed by atoms with Gasteiger partial charge in [0.05, 0.1) is 31.0 Å². The molecule has 2 aliphatic rings. The number of aryl methyl sites for hydroxylation is 2. The van der Waals surface area contributed by atoms with Gasteiger partial charge in [-0.1, -0.05) is 0 Å². The number of ether oxygens (including phenoxy) is 1. The lowest BCUT2D eigenvalue weighted by Crippen LogP contribution is -2.50. The Hall–Kier alpha value is -1.40. The van der Waals surface area contributed by atoms with Crippen LogP contribution in [0.15, 0.2) is 0 Å². The van der Waals surface area contributed by atoms with Gasteiger partial charge < -0.3 is 10.1 Å². The summed E-state index contributed by atoms with van der Waals surface area (Å²) in [5.74, 6) is 0.118. The Morgan fingerprint density at radius 2 is 2.04 bits per heavy atom. The van der Waals surface area contributed by atoms with Crippen molar-refractivity contribution < 1.29 is 9.53 Å². The molecule has 2 fully saturated rings. The molecule has 6 nitrogen and oxygen atoms in total. The fourth-order valence-corrected chi connectivity index (χ4v) is 3.81. The highest BCUT2D eigenvalue weighted by Crippen LogP contribution is 2.19. The summed E-state index contributed by atoms with van der Waals surface area (Å²) in [7, 11) is 1.95. The summed E-state index contributed by atoms with van der Waals surface area (Å²) in [6.45, 7) is 7.71. The van der Waals surface area contributed by atoms with Crippen LogP contribution < -0.4 is 5.32 Å². The molecule has 1 N–H and O–H groups in total. The fraction of sp³-hybridized carbons (Fsp3) is 0.765. The molecule has 3 heterocycles. The van der Waals surface area contributed by atoms with Crippen LogP contribution in [0.1, 0.15) is 36.2 Å². The molecule has 1 aromatic heterocycles. The van der Waals surface area contributed by atoms with E-state index in [0.29, 0.717) is 19.1 Å². The second-order valence-electron chi connectivity index (χ2n) is 6.79. The first kappa shape index (κ1) is 16.5. The number of likely N-dealkylation sites (tertiary alicyclic amines) is 1. The fourth-order valence-electron chi connectivity index (χ4n) is 3.81. The van der Waals surface area contributed by atoms with Crippen molar-refractivity contribution in [3.05, 3.63) is 17.0 Å². The lowest BCUT2D eigenvalue weighted by atomic mass is 10.1. The van der Waals surface area contributed by atoms with Crippen LogP contribution in [-0.2, 0) is 23.0 Å².